The van der Waals surface area contributed by atoms with Crippen molar-refractivity contribution >= 4 is 11.9 Å². The van der Waals surface area contributed by atoms with E-state index < -0.39 is 0 Å². The Morgan fingerprint density at radius 3 is 1.54 bits per heavy atom. The quantitative estimate of drug-likeness (QED) is 0.0401. The van der Waals surface area contributed by atoms with E-state index in [1.165, 1.54) is 44.9 Å². The van der Waals surface area contributed by atoms with Gasteiger partial charge >= 0.3 is 11.9 Å². The average molecular weight is 678 g/mol. The highest BCUT2D eigenvalue weighted by molar-refractivity contribution is 5.69. The maximum absolute atomic E-state index is 12.6. The number of unbranched alkanes of at least 4 members (excludes halogenated alkanes) is 16. The van der Waals surface area contributed by atoms with Crippen LogP contribution in [0.25, 0.3) is 0 Å². The summed E-state index contributed by atoms with van der Waals surface area (Å²) in [5.41, 5.74) is 0. The van der Waals surface area contributed by atoms with Crippen LogP contribution in [0.5, 0.6) is 0 Å². The van der Waals surface area contributed by atoms with Gasteiger partial charge in [0, 0.05) is 19.4 Å². The number of hydrogen-bond acceptors (Lipinski definition) is 6. The fourth-order valence-electron chi connectivity index (χ4n) is 5.90. The Bertz CT molecular complexity index is 730. The largest absolute Gasteiger partial charge is 0.466 e. The lowest BCUT2D eigenvalue weighted by Crippen LogP contribution is -2.29. The van der Waals surface area contributed by atoms with Crippen LogP contribution in [-0.2, 0) is 19.1 Å². The third kappa shape index (κ3) is 34.2. The van der Waals surface area contributed by atoms with Crippen LogP contribution in [0.3, 0.4) is 0 Å². The molecule has 0 aliphatic rings. The number of carbonyl (C=O) groups is 2. The molecule has 6 nitrogen and oxygen atoms in total. The van der Waals surface area contributed by atoms with Crippen molar-refractivity contribution in [1.29, 1.82) is 0 Å². The van der Waals surface area contributed by atoms with E-state index >= 15 is 0 Å². The zero-order chi connectivity index (χ0) is 35.2. The molecule has 0 aliphatic heterocycles. The first-order valence-corrected chi connectivity index (χ1v) is 20.6. The maximum Gasteiger partial charge on any atom is 0.306 e. The molecule has 0 saturated carbocycles. The number of esters is 2. The summed E-state index contributed by atoms with van der Waals surface area (Å²) in [6.07, 6.45) is 37.8. The average Bonchev–Trinajstić information content (AvgIpc) is 3.08. The molecule has 0 aliphatic carbocycles. The molecule has 0 atom stereocenters. The Balaban J connectivity index is 4.03. The lowest BCUT2D eigenvalue weighted by molar-refractivity contribution is -0.150. The molecule has 0 fully saturated rings. The molecule has 1 N–H and O–H groups in total. The second kappa shape index (κ2) is 38.1. The fourth-order valence-corrected chi connectivity index (χ4v) is 5.90. The molecule has 0 heterocycles. The van der Waals surface area contributed by atoms with E-state index in [-0.39, 0.29) is 24.6 Å². The highest BCUT2D eigenvalue weighted by atomic mass is 16.5. The molecular formula is C42H79NO5. The van der Waals surface area contributed by atoms with E-state index in [1.54, 1.807) is 0 Å². The number of nitrogens with zero attached hydrogens (tertiary/aromatic N) is 1. The number of ether oxygens (including phenoxy) is 2. The number of aliphatic hydroxyl groups excluding tert-OH is 1. The second-order valence-electron chi connectivity index (χ2n) is 13.7. The van der Waals surface area contributed by atoms with Crippen molar-refractivity contribution < 1.29 is 24.2 Å². The van der Waals surface area contributed by atoms with Gasteiger partial charge in [-0.2, -0.15) is 0 Å². The molecule has 282 valence electrons. The van der Waals surface area contributed by atoms with Crippen LogP contribution in [0.2, 0.25) is 0 Å². The van der Waals surface area contributed by atoms with Crippen LogP contribution in [-0.4, -0.2) is 60.9 Å². The highest BCUT2D eigenvalue weighted by Gasteiger charge is 2.13. The number of hydrogen-bond donors (Lipinski definition) is 1. The summed E-state index contributed by atoms with van der Waals surface area (Å²) in [5.74, 6) is -0.0753. The summed E-state index contributed by atoms with van der Waals surface area (Å²) in [5, 5.41) is 9.51. The molecule has 0 bridgehead atoms. The predicted molar refractivity (Wildman–Crippen MR) is 204 cm³/mol. The molecule has 0 aromatic carbocycles. The van der Waals surface area contributed by atoms with E-state index in [9.17, 15) is 14.7 Å². The van der Waals surface area contributed by atoms with Crippen LogP contribution in [0.1, 0.15) is 194 Å². The van der Waals surface area contributed by atoms with E-state index in [4.69, 9.17) is 9.47 Å². The Morgan fingerprint density at radius 2 is 1.00 bits per heavy atom. The Hall–Kier alpha value is -1.66. The Labute approximate surface area is 297 Å². The second-order valence-corrected chi connectivity index (χ2v) is 13.7. The monoisotopic (exact) mass is 678 g/mol. The summed E-state index contributed by atoms with van der Waals surface area (Å²) < 4.78 is 11.3. The lowest BCUT2D eigenvalue weighted by Gasteiger charge is -2.21. The number of carbonyl (C=O) groups excluding carboxylic acids is 2. The van der Waals surface area contributed by atoms with Gasteiger partial charge in [0.2, 0.25) is 0 Å². The zero-order valence-electron chi connectivity index (χ0n) is 32.0. The topological polar surface area (TPSA) is 76.1 Å². The standard InChI is InChI=1S/C42H79NO5/c1-4-7-10-13-17-24-31-40(32-25-18-14-11-8-5-2)48-42(46)34-27-20-16-22-29-36-43(37-38-44)35-28-21-15-19-26-33-41(45)47-39-30-23-12-9-6-3/h13-14,17-18,40,44H,4-12,15-16,19-39H2,1-3H3/b17-13-,18-14-. The predicted octanol–water partition coefficient (Wildman–Crippen LogP) is 11.4. The van der Waals surface area contributed by atoms with Gasteiger partial charge in [0.1, 0.15) is 6.10 Å². The Kier molecular flexibility index (Phi) is 36.8. The third-order valence-corrected chi connectivity index (χ3v) is 9.03. The van der Waals surface area contributed by atoms with Crippen LogP contribution in [0, 0.1) is 0 Å². The lowest BCUT2D eigenvalue weighted by atomic mass is 10.1. The number of aliphatic hydroxyl groups is 1. The van der Waals surface area contributed by atoms with Crippen LogP contribution in [0.4, 0.5) is 0 Å². The van der Waals surface area contributed by atoms with Crippen LogP contribution >= 0.6 is 0 Å². The van der Waals surface area contributed by atoms with Crippen molar-refractivity contribution in [2.75, 3.05) is 32.8 Å². The van der Waals surface area contributed by atoms with Crippen molar-refractivity contribution in [2.45, 2.75) is 200 Å². The van der Waals surface area contributed by atoms with E-state index in [0.717, 1.165) is 135 Å². The van der Waals surface area contributed by atoms with E-state index in [0.29, 0.717) is 19.4 Å². The molecule has 0 radical (unpaired) electrons. The van der Waals surface area contributed by atoms with Gasteiger partial charge < -0.3 is 19.5 Å². The molecule has 0 rings (SSSR count). The van der Waals surface area contributed by atoms with Gasteiger partial charge in [-0.15, -0.1) is 0 Å². The summed E-state index contributed by atoms with van der Waals surface area (Å²) in [4.78, 5) is 26.9. The molecule has 6 heteroatoms. The molecule has 0 spiro atoms. The first-order chi connectivity index (χ1) is 23.6. The zero-order valence-corrected chi connectivity index (χ0v) is 32.0. The SMILES string of the molecule is CCCC/C=C\CCC(CC/C=C\CCCC)OC(=O)CCCCCCCN(CCO)CCCCCCCC(=O)OCCCCCCC. The normalized spacial score (nSPS) is 11.9. The van der Waals surface area contributed by atoms with E-state index in [1.807, 2.05) is 0 Å². The summed E-state index contributed by atoms with van der Waals surface area (Å²) in [7, 11) is 0. The Morgan fingerprint density at radius 1 is 0.542 bits per heavy atom. The van der Waals surface area contributed by atoms with Gasteiger partial charge in [0.15, 0.2) is 0 Å². The molecule has 0 saturated heterocycles. The van der Waals surface area contributed by atoms with E-state index in [2.05, 4.69) is 50.0 Å². The minimum Gasteiger partial charge on any atom is -0.466 e. The third-order valence-electron chi connectivity index (χ3n) is 9.03. The van der Waals surface area contributed by atoms with Crippen LogP contribution in [0.15, 0.2) is 24.3 Å². The molecule has 0 aromatic rings. The van der Waals surface area contributed by atoms with Gasteiger partial charge in [0.05, 0.1) is 13.2 Å². The van der Waals surface area contributed by atoms with Crippen molar-refractivity contribution in [3.05, 3.63) is 24.3 Å². The van der Waals surface area contributed by atoms with Crippen molar-refractivity contribution in [3.63, 3.8) is 0 Å². The van der Waals surface area contributed by atoms with Gasteiger partial charge in [-0.05, 0) is 83.7 Å². The van der Waals surface area contributed by atoms with Gasteiger partial charge in [-0.25, -0.2) is 0 Å². The van der Waals surface area contributed by atoms with Gasteiger partial charge in [0.25, 0.3) is 0 Å². The number of allylic oxidation sites excluding steroid dienone is 4. The van der Waals surface area contributed by atoms with Crippen molar-refractivity contribution in [1.82, 2.24) is 4.90 Å². The molecular weight excluding hydrogens is 598 g/mol. The smallest absolute Gasteiger partial charge is 0.306 e. The summed E-state index contributed by atoms with van der Waals surface area (Å²) in [6, 6.07) is 0. The first-order valence-electron chi connectivity index (χ1n) is 20.6. The summed E-state index contributed by atoms with van der Waals surface area (Å²) in [6.45, 7) is 10.2. The molecule has 0 unspecified atom stereocenters. The molecule has 0 amide bonds. The first kappa shape index (κ1) is 46.3. The minimum atomic E-state index is -0.0403. The summed E-state index contributed by atoms with van der Waals surface area (Å²) >= 11 is 0. The molecule has 48 heavy (non-hydrogen) atoms. The van der Waals surface area contributed by atoms with Gasteiger partial charge in [-0.1, -0.05) is 135 Å². The van der Waals surface area contributed by atoms with Crippen molar-refractivity contribution in [2.24, 2.45) is 0 Å². The van der Waals surface area contributed by atoms with Crippen LogP contribution < -0.4 is 0 Å². The fraction of sp³-hybridized carbons (Fsp3) is 0.857. The molecule has 0 aromatic heterocycles. The maximum atomic E-state index is 12.6. The number of rotatable bonds is 37. The highest BCUT2D eigenvalue weighted by Crippen LogP contribution is 2.15. The van der Waals surface area contributed by atoms with Crippen molar-refractivity contribution in [3.8, 4) is 0 Å². The minimum absolute atomic E-state index is 0.0141. The van der Waals surface area contributed by atoms with Gasteiger partial charge in [-0.3, -0.25) is 9.59 Å².